The normalized spacial score (nSPS) is 11.5. The Hall–Kier alpha value is -2.53. The number of benzene rings is 2. The number of nitrogens with one attached hydrogen (secondary N) is 1. The number of carbonyl (C=O) groups excluding carboxylic acids is 2. The zero-order valence-corrected chi connectivity index (χ0v) is 14.9. The van der Waals surface area contributed by atoms with Gasteiger partial charge in [0.25, 0.3) is 5.91 Å². The van der Waals surface area contributed by atoms with Gasteiger partial charge in [-0.3, -0.25) is 4.79 Å². The van der Waals surface area contributed by atoms with Gasteiger partial charge < -0.3 is 14.8 Å². The van der Waals surface area contributed by atoms with Gasteiger partial charge in [0.1, 0.15) is 5.75 Å². The van der Waals surface area contributed by atoms with E-state index in [2.05, 4.69) is 5.32 Å². The number of halogens is 1. The second-order valence-electron chi connectivity index (χ2n) is 5.38. The third kappa shape index (κ3) is 5.80. The van der Waals surface area contributed by atoms with Crippen molar-refractivity contribution in [1.29, 1.82) is 0 Å². The van der Waals surface area contributed by atoms with E-state index in [-0.39, 0.29) is 6.61 Å². The molecule has 2 aromatic carbocycles. The Balaban J connectivity index is 1.82. The van der Waals surface area contributed by atoms with Crippen LogP contribution in [-0.4, -0.2) is 24.6 Å². The maximum atomic E-state index is 12.0. The van der Waals surface area contributed by atoms with Crippen LogP contribution in [0.3, 0.4) is 0 Å². The molecule has 0 aliphatic carbocycles. The summed E-state index contributed by atoms with van der Waals surface area (Å²) in [4.78, 5) is 23.9. The van der Waals surface area contributed by atoms with Crippen LogP contribution >= 0.6 is 11.6 Å². The van der Waals surface area contributed by atoms with Crippen LogP contribution in [0.15, 0.2) is 48.5 Å². The van der Waals surface area contributed by atoms with Crippen molar-refractivity contribution in [3.63, 3.8) is 0 Å². The van der Waals surface area contributed by atoms with E-state index in [1.165, 1.54) is 0 Å². The molecule has 25 heavy (non-hydrogen) atoms. The molecular weight excluding hydrogens is 342 g/mol. The van der Waals surface area contributed by atoms with Gasteiger partial charge in [0.05, 0.1) is 0 Å². The number of amides is 1. The van der Waals surface area contributed by atoms with Crippen molar-refractivity contribution in [2.45, 2.75) is 26.4 Å². The topological polar surface area (TPSA) is 64.6 Å². The van der Waals surface area contributed by atoms with Gasteiger partial charge in [-0.15, -0.1) is 0 Å². The Morgan fingerprint density at radius 1 is 1.12 bits per heavy atom. The second-order valence-corrected chi connectivity index (χ2v) is 5.82. The average molecular weight is 362 g/mol. The van der Waals surface area contributed by atoms with Crippen LogP contribution in [0.1, 0.15) is 19.4 Å². The number of ether oxygens (including phenoxy) is 2. The highest BCUT2D eigenvalue weighted by Crippen LogP contribution is 2.17. The summed E-state index contributed by atoms with van der Waals surface area (Å²) in [7, 11) is 0. The van der Waals surface area contributed by atoms with Gasteiger partial charge in [-0.2, -0.15) is 0 Å². The fourth-order valence-corrected chi connectivity index (χ4v) is 2.28. The van der Waals surface area contributed by atoms with Crippen LogP contribution in [-0.2, 0) is 20.7 Å². The van der Waals surface area contributed by atoms with Gasteiger partial charge in [0, 0.05) is 10.7 Å². The van der Waals surface area contributed by atoms with Crippen LogP contribution in [0.25, 0.3) is 0 Å². The van der Waals surface area contributed by atoms with E-state index in [1.807, 2.05) is 31.2 Å². The monoisotopic (exact) mass is 361 g/mol. The lowest BCUT2D eigenvalue weighted by Crippen LogP contribution is -2.29. The number of hydrogen-bond acceptors (Lipinski definition) is 4. The number of rotatable bonds is 7. The first kappa shape index (κ1) is 18.8. The largest absolute Gasteiger partial charge is 0.479 e. The summed E-state index contributed by atoms with van der Waals surface area (Å²) in [6.07, 6.45) is -0.0423. The molecule has 0 saturated heterocycles. The van der Waals surface area contributed by atoms with E-state index < -0.39 is 18.0 Å². The maximum Gasteiger partial charge on any atom is 0.347 e. The third-order valence-electron chi connectivity index (χ3n) is 3.48. The number of anilines is 1. The minimum absolute atomic E-state index is 0.370. The molecule has 5 nitrogen and oxygen atoms in total. The van der Waals surface area contributed by atoms with Crippen molar-refractivity contribution in [1.82, 2.24) is 0 Å². The van der Waals surface area contributed by atoms with Crippen molar-refractivity contribution >= 4 is 29.2 Å². The molecule has 1 unspecified atom stereocenters. The van der Waals surface area contributed by atoms with Gasteiger partial charge in [-0.05, 0) is 49.2 Å². The lowest BCUT2D eigenvalue weighted by Gasteiger charge is -2.14. The predicted octanol–water partition coefficient (Wildman–Crippen LogP) is 3.85. The number of hydrogen-bond donors (Lipinski definition) is 1. The molecule has 1 atom stereocenters. The average Bonchev–Trinajstić information content (AvgIpc) is 2.62. The number of carbonyl (C=O) groups is 2. The van der Waals surface area contributed by atoms with Gasteiger partial charge in [-0.1, -0.05) is 36.7 Å². The standard InChI is InChI=1S/C19H20ClNO4/c1-3-14-6-4-5-7-17(14)21-18(22)12-24-19(23)13(2)25-16-10-8-15(20)9-11-16/h4-11,13H,3,12H2,1-2H3,(H,21,22). The van der Waals surface area contributed by atoms with Crippen LogP contribution in [0, 0.1) is 0 Å². The molecular formula is C19H20ClNO4. The lowest BCUT2D eigenvalue weighted by atomic mass is 10.1. The summed E-state index contributed by atoms with van der Waals surface area (Å²) in [5.74, 6) is -0.517. The molecule has 0 aliphatic rings. The Kier molecular flexibility index (Phi) is 6.83. The second kappa shape index (κ2) is 9.08. The molecule has 1 amide bonds. The molecule has 6 heteroatoms. The first-order valence-corrected chi connectivity index (χ1v) is 8.34. The van der Waals surface area contributed by atoms with E-state index in [4.69, 9.17) is 21.1 Å². The summed E-state index contributed by atoms with van der Waals surface area (Å²) >= 11 is 5.79. The quantitative estimate of drug-likeness (QED) is 0.761. The molecule has 0 radical (unpaired) electrons. The zero-order valence-electron chi connectivity index (χ0n) is 14.1. The molecule has 0 heterocycles. The van der Waals surface area contributed by atoms with E-state index >= 15 is 0 Å². The van der Waals surface area contributed by atoms with Crippen molar-refractivity contribution in [2.75, 3.05) is 11.9 Å². The molecule has 2 aromatic rings. The Labute approximate surface area is 151 Å². The Morgan fingerprint density at radius 2 is 1.80 bits per heavy atom. The summed E-state index contributed by atoms with van der Waals surface area (Å²) in [5, 5.41) is 3.32. The van der Waals surface area contributed by atoms with E-state index in [0.29, 0.717) is 10.8 Å². The van der Waals surface area contributed by atoms with Crippen molar-refractivity contribution in [2.24, 2.45) is 0 Å². The first-order chi connectivity index (χ1) is 12.0. The van der Waals surface area contributed by atoms with Crippen LogP contribution in [0.5, 0.6) is 5.75 Å². The minimum Gasteiger partial charge on any atom is -0.479 e. The fraction of sp³-hybridized carbons (Fsp3) is 0.263. The summed E-state index contributed by atoms with van der Waals surface area (Å²) in [5.41, 5.74) is 1.73. The fourth-order valence-electron chi connectivity index (χ4n) is 2.16. The first-order valence-electron chi connectivity index (χ1n) is 7.96. The highest BCUT2D eigenvalue weighted by molar-refractivity contribution is 6.30. The highest BCUT2D eigenvalue weighted by Gasteiger charge is 2.18. The van der Waals surface area contributed by atoms with Gasteiger partial charge >= 0.3 is 5.97 Å². The molecule has 1 N–H and O–H groups in total. The molecule has 132 valence electrons. The van der Waals surface area contributed by atoms with Gasteiger partial charge in [-0.25, -0.2) is 4.79 Å². The molecule has 0 spiro atoms. The molecule has 0 bridgehead atoms. The predicted molar refractivity (Wildman–Crippen MR) is 97.0 cm³/mol. The van der Waals surface area contributed by atoms with Crippen LogP contribution in [0.4, 0.5) is 5.69 Å². The van der Waals surface area contributed by atoms with Crippen molar-refractivity contribution in [3.8, 4) is 5.75 Å². The van der Waals surface area contributed by atoms with Crippen molar-refractivity contribution < 1.29 is 19.1 Å². The highest BCUT2D eigenvalue weighted by atomic mass is 35.5. The smallest absolute Gasteiger partial charge is 0.347 e. The van der Waals surface area contributed by atoms with E-state index in [9.17, 15) is 9.59 Å². The van der Waals surface area contributed by atoms with Crippen molar-refractivity contribution in [3.05, 3.63) is 59.1 Å². The van der Waals surface area contributed by atoms with Crippen LogP contribution < -0.4 is 10.1 Å². The molecule has 2 rings (SSSR count). The number of aryl methyl sites for hydroxylation is 1. The van der Waals surface area contributed by atoms with E-state index in [0.717, 1.165) is 17.7 Å². The summed E-state index contributed by atoms with van der Waals surface area (Å²) in [6.45, 7) is 3.19. The zero-order chi connectivity index (χ0) is 18.2. The lowest BCUT2D eigenvalue weighted by molar-refractivity contribution is -0.153. The summed E-state index contributed by atoms with van der Waals surface area (Å²) in [6, 6.07) is 14.1. The Morgan fingerprint density at radius 3 is 2.48 bits per heavy atom. The minimum atomic E-state index is -0.836. The maximum absolute atomic E-state index is 12.0. The molecule has 0 aromatic heterocycles. The molecule has 0 fully saturated rings. The molecule has 0 aliphatic heterocycles. The van der Waals surface area contributed by atoms with E-state index in [1.54, 1.807) is 31.2 Å². The third-order valence-corrected chi connectivity index (χ3v) is 3.73. The Bertz CT molecular complexity index is 730. The SMILES string of the molecule is CCc1ccccc1NC(=O)COC(=O)C(C)Oc1ccc(Cl)cc1. The van der Waals surface area contributed by atoms with Crippen LogP contribution in [0.2, 0.25) is 5.02 Å². The molecule has 0 saturated carbocycles. The number of para-hydroxylation sites is 1. The van der Waals surface area contributed by atoms with Gasteiger partial charge in [0.2, 0.25) is 0 Å². The van der Waals surface area contributed by atoms with Gasteiger partial charge in [0.15, 0.2) is 12.7 Å². The summed E-state index contributed by atoms with van der Waals surface area (Å²) < 4.78 is 10.5. The number of esters is 1.